The maximum absolute atomic E-state index is 12.9. The Bertz CT molecular complexity index is 1150. The van der Waals surface area contributed by atoms with Crippen LogP contribution in [-0.2, 0) is 23.9 Å². The Hall–Kier alpha value is -3.96. The maximum atomic E-state index is 12.9. The lowest BCUT2D eigenvalue weighted by Gasteiger charge is -2.30. The second-order valence-corrected chi connectivity index (χ2v) is 10.1. The van der Waals surface area contributed by atoms with Crippen molar-refractivity contribution >= 4 is 24.1 Å². The van der Waals surface area contributed by atoms with E-state index in [1.165, 1.54) is 0 Å². The number of hydrogen-bond donors (Lipinski definition) is 3. The van der Waals surface area contributed by atoms with Gasteiger partial charge in [-0.3, -0.25) is 9.63 Å². The molecule has 0 spiro atoms. The van der Waals surface area contributed by atoms with E-state index in [0.29, 0.717) is 24.3 Å². The molecule has 4 N–H and O–H groups in total. The van der Waals surface area contributed by atoms with Gasteiger partial charge in [0.15, 0.2) is 6.61 Å². The number of carboxylic acid groups (broad SMARTS) is 1. The largest absolute Gasteiger partial charge is 0.480 e. The normalized spacial score (nSPS) is 13.1. The molecule has 2 aromatic carbocycles. The maximum Gasteiger partial charge on any atom is 0.431 e. The van der Waals surface area contributed by atoms with Crippen LogP contribution >= 0.6 is 0 Å². The number of fused-ring (bicyclic) bond motifs is 3. The monoisotopic (exact) mass is 541 g/mol. The lowest BCUT2D eigenvalue weighted by molar-refractivity contribution is -0.152. The summed E-state index contributed by atoms with van der Waals surface area (Å²) in [5.74, 6) is -2.55. The van der Waals surface area contributed by atoms with E-state index in [-0.39, 0.29) is 18.9 Å². The van der Waals surface area contributed by atoms with Crippen LogP contribution in [-0.4, -0.2) is 65.5 Å². The van der Waals surface area contributed by atoms with Crippen LogP contribution in [0, 0.1) is 0 Å². The number of carbonyl (C=O) groups is 4. The van der Waals surface area contributed by atoms with Gasteiger partial charge in [0.05, 0.1) is 0 Å². The van der Waals surface area contributed by atoms with Crippen molar-refractivity contribution in [2.45, 2.75) is 57.6 Å². The number of aliphatic carboxylic acids is 1. The molecule has 1 aliphatic carbocycles. The third kappa shape index (κ3) is 7.78. The van der Waals surface area contributed by atoms with Crippen molar-refractivity contribution in [3.63, 3.8) is 0 Å². The first-order valence-corrected chi connectivity index (χ1v) is 12.7. The highest BCUT2D eigenvalue weighted by Crippen LogP contribution is 2.44. The number of unbranched alkanes of at least 4 members (excludes halogenated alkanes) is 1. The average Bonchev–Trinajstić information content (AvgIpc) is 3.19. The zero-order chi connectivity index (χ0) is 28.6. The summed E-state index contributed by atoms with van der Waals surface area (Å²) in [4.78, 5) is 55.4. The Kier molecular flexibility index (Phi) is 10.0. The third-order valence-corrected chi connectivity index (χ3v) is 6.08. The third-order valence-electron chi connectivity index (χ3n) is 6.08. The molecule has 0 aliphatic heterocycles. The van der Waals surface area contributed by atoms with Gasteiger partial charge in [0, 0.05) is 5.92 Å². The molecule has 210 valence electrons. The highest BCUT2D eigenvalue weighted by atomic mass is 16.7. The molecule has 0 aromatic heterocycles. The summed E-state index contributed by atoms with van der Waals surface area (Å²) in [5.41, 5.74) is 10.7. The standard InChI is InChI=1S/C28H35N3O8/c1-28(2,3)39-27(36)31(23(25(33)34)14-8-9-15-29)24(32)17-38-30-26(35)37-16-22-20-12-6-4-10-18(20)19-11-5-7-13-21(19)22/h4-7,10-13,22-23H,8-9,14-17,29H2,1-3H3,(H,30,35)(H,33,34)/t23-/m0/s1. The number of ether oxygens (including phenoxy) is 2. The van der Waals surface area contributed by atoms with Crippen LogP contribution in [0.4, 0.5) is 9.59 Å². The molecule has 2 aromatic rings. The van der Waals surface area contributed by atoms with Crippen LogP contribution in [0.3, 0.4) is 0 Å². The molecule has 0 saturated heterocycles. The first-order chi connectivity index (χ1) is 18.5. The number of hydroxylamine groups is 1. The molecule has 11 heteroatoms. The second kappa shape index (κ2) is 13.2. The van der Waals surface area contributed by atoms with Gasteiger partial charge in [-0.25, -0.2) is 19.3 Å². The SMILES string of the molecule is CC(C)(C)OC(=O)N(C(=O)CONC(=O)OCC1c2ccccc2-c2ccccc21)[C@@H](CCCCN)C(=O)O. The highest BCUT2D eigenvalue weighted by Gasteiger charge is 2.37. The van der Waals surface area contributed by atoms with E-state index in [4.69, 9.17) is 20.0 Å². The van der Waals surface area contributed by atoms with Crippen molar-refractivity contribution in [2.75, 3.05) is 19.8 Å². The molecule has 0 bridgehead atoms. The zero-order valence-electron chi connectivity index (χ0n) is 22.3. The number of nitrogens with zero attached hydrogens (tertiary/aromatic N) is 1. The first kappa shape index (κ1) is 29.6. The van der Waals surface area contributed by atoms with Gasteiger partial charge in [0.25, 0.3) is 5.91 Å². The summed E-state index contributed by atoms with van der Waals surface area (Å²) in [5, 5.41) is 9.70. The number of nitrogens with two attached hydrogens (primary N) is 1. The topological polar surface area (TPSA) is 157 Å². The molecule has 0 saturated carbocycles. The van der Waals surface area contributed by atoms with Crippen LogP contribution in [0.5, 0.6) is 0 Å². The minimum Gasteiger partial charge on any atom is -0.480 e. The molecule has 3 rings (SSSR count). The van der Waals surface area contributed by atoms with E-state index in [1.807, 2.05) is 54.0 Å². The van der Waals surface area contributed by atoms with Crippen molar-refractivity contribution < 1.29 is 38.6 Å². The number of nitrogens with one attached hydrogen (secondary N) is 1. The van der Waals surface area contributed by atoms with E-state index < -0.39 is 42.3 Å². The minimum absolute atomic E-state index is 0.0165. The Morgan fingerprint density at radius 1 is 1.00 bits per heavy atom. The van der Waals surface area contributed by atoms with Gasteiger partial charge in [0.2, 0.25) is 0 Å². The van der Waals surface area contributed by atoms with Crippen LogP contribution < -0.4 is 11.2 Å². The Morgan fingerprint density at radius 2 is 1.59 bits per heavy atom. The summed E-state index contributed by atoms with van der Waals surface area (Å²) in [7, 11) is 0. The summed E-state index contributed by atoms with van der Waals surface area (Å²) >= 11 is 0. The molecule has 3 amide bonds. The Labute approximate surface area is 227 Å². The quantitative estimate of drug-likeness (QED) is 0.284. The molecule has 1 atom stereocenters. The van der Waals surface area contributed by atoms with Crippen LogP contribution in [0.15, 0.2) is 48.5 Å². The number of imide groups is 1. The smallest absolute Gasteiger partial charge is 0.431 e. The van der Waals surface area contributed by atoms with Crippen molar-refractivity contribution in [1.29, 1.82) is 0 Å². The fraction of sp³-hybridized carbons (Fsp3) is 0.429. The number of amides is 3. The van der Waals surface area contributed by atoms with Crippen LogP contribution in [0.25, 0.3) is 11.1 Å². The second-order valence-electron chi connectivity index (χ2n) is 10.1. The Morgan fingerprint density at radius 3 is 2.13 bits per heavy atom. The van der Waals surface area contributed by atoms with Gasteiger partial charge in [-0.1, -0.05) is 48.5 Å². The molecule has 1 aliphatic rings. The summed E-state index contributed by atoms with van der Waals surface area (Å²) in [6, 6.07) is 14.2. The highest BCUT2D eigenvalue weighted by molar-refractivity contribution is 5.97. The predicted molar refractivity (Wildman–Crippen MR) is 142 cm³/mol. The van der Waals surface area contributed by atoms with Gasteiger partial charge in [0.1, 0.15) is 18.2 Å². The lowest BCUT2D eigenvalue weighted by Crippen LogP contribution is -2.52. The number of carbonyl (C=O) groups excluding carboxylic acids is 3. The van der Waals surface area contributed by atoms with Crippen LogP contribution in [0.1, 0.15) is 57.1 Å². The number of benzene rings is 2. The molecular formula is C28H35N3O8. The van der Waals surface area contributed by atoms with Gasteiger partial charge < -0.3 is 20.3 Å². The Balaban J connectivity index is 1.59. The van der Waals surface area contributed by atoms with Gasteiger partial charge in [-0.2, -0.15) is 5.48 Å². The lowest BCUT2D eigenvalue weighted by atomic mass is 9.98. The molecule has 0 heterocycles. The molecule has 0 fully saturated rings. The number of carboxylic acids is 1. The summed E-state index contributed by atoms with van der Waals surface area (Å²) in [6.07, 6.45) is -1.19. The van der Waals surface area contributed by atoms with Crippen molar-refractivity contribution in [1.82, 2.24) is 10.4 Å². The minimum atomic E-state index is -1.49. The van der Waals surface area contributed by atoms with Crippen molar-refractivity contribution in [2.24, 2.45) is 5.73 Å². The van der Waals surface area contributed by atoms with Crippen molar-refractivity contribution in [3.05, 3.63) is 59.7 Å². The number of rotatable bonds is 11. The first-order valence-electron chi connectivity index (χ1n) is 12.7. The van der Waals surface area contributed by atoms with Gasteiger partial charge >= 0.3 is 18.2 Å². The van der Waals surface area contributed by atoms with E-state index in [9.17, 15) is 24.3 Å². The van der Waals surface area contributed by atoms with E-state index in [1.54, 1.807) is 20.8 Å². The fourth-order valence-electron chi connectivity index (χ4n) is 4.41. The predicted octanol–water partition coefficient (Wildman–Crippen LogP) is 3.80. The molecule has 0 unspecified atom stereocenters. The summed E-state index contributed by atoms with van der Waals surface area (Å²) < 4.78 is 10.6. The van der Waals surface area contributed by atoms with Gasteiger partial charge in [-0.15, -0.1) is 0 Å². The van der Waals surface area contributed by atoms with E-state index in [0.717, 1.165) is 22.3 Å². The summed E-state index contributed by atoms with van der Waals surface area (Å²) in [6.45, 7) is 4.32. The fourth-order valence-corrected chi connectivity index (χ4v) is 4.41. The van der Waals surface area contributed by atoms with Gasteiger partial charge in [-0.05, 0) is 68.8 Å². The molecular weight excluding hydrogens is 506 g/mol. The zero-order valence-corrected chi connectivity index (χ0v) is 22.3. The average molecular weight is 542 g/mol. The van der Waals surface area contributed by atoms with Crippen molar-refractivity contribution in [3.8, 4) is 11.1 Å². The van der Waals surface area contributed by atoms with Crippen LogP contribution in [0.2, 0.25) is 0 Å². The number of hydrogen-bond acceptors (Lipinski definition) is 8. The van der Waals surface area contributed by atoms with E-state index >= 15 is 0 Å². The van der Waals surface area contributed by atoms with E-state index in [2.05, 4.69) is 0 Å². The molecule has 11 nitrogen and oxygen atoms in total. The molecule has 39 heavy (non-hydrogen) atoms. The molecule has 0 radical (unpaired) electrons.